The molecule has 3 rings (SSSR count). The van der Waals surface area contributed by atoms with Crippen molar-refractivity contribution in [2.75, 3.05) is 33.2 Å². The van der Waals surface area contributed by atoms with Crippen LogP contribution < -0.4 is 0 Å². The molecule has 0 spiro atoms. The Balaban J connectivity index is 1.75. The van der Waals surface area contributed by atoms with E-state index < -0.39 is 0 Å². The Morgan fingerprint density at radius 1 is 1.18 bits per heavy atom. The largest absolute Gasteiger partial charge is 0.336 e. The van der Waals surface area contributed by atoms with Gasteiger partial charge in [0.1, 0.15) is 11.5 Å². The third-order valence-corrected chi connectivity index (χ3v) is 3.95. The van der Waals surface area contributed by atoms with Crippen molar-refractivity contribution in [2.24, 2.45) is 0 Å². The number of rotatable bonds is 2. The molecule has 1 fully saturated rings. The summed E-state index contributed by atoms with van der Waals surface area (Å²) in [6, 6.07) is 7.80. The molecule has 1 aromatic carbocycles. The van der Waals surface area contributed by atoms with Gasteiger partial charge in [0, 0.05) is 25.2 Å². The Bertz CT molecular complexity index is 652. The van der Waals surface area contributed by atoms with Gasteiger partial charge in [0.15, 0.2) is 0 Å². The second-order valence-corrected chi connectivity index (χ2v) is 5.62. The molecule has 6 heteroatoms. The summed E-state index contributed by atoms with van der Waals surface area (Å²) >= 11 is 0. The first kappa shape index (κ1) is 14.7. The van der Waals surface area contributed by atoms with Crippen LogP contribution >= 0.6 is 0 Å². The summed E-state index contributed by atoms with van der Waals surface area (Å²) in [5.41, 5.74) is 1.91. The average molecular weight is 302 g/mol. The van der Waals surface area contributed by atoms with E-state index in [1.165, 1.54) is 12.1 Å². The molecule has 0 atom stereocenters. The number of halogens is 1. The number of benzene rings is 1. The summed E-state index contributed by atoms with van der Waals surface area (Å²) in [6.07, 6.45) is 0.973. The summed E-state index contributed by atoms with van der Waals surface area (Å²) in [5.74, 6) is -0.319. The SMILES string of the molecule is CN1CCCN(C(=O)c2cc(-c3ccc(F)cc3)n[nH]2)CC1. The number of amides is 1. The lowest BCUT2D eigenvalue weighted by molar-refractivity contribution is 0.0757. The molecule has 22 heavy (non-hydrogen) atoms. The van der Waals surface area contributed by atoms with Crippen LogP contribution in [-0.4, -0.2) is 59.1 Å². The normalized spacial score (nSPS) is 16.5. The van der Waals surface area contributed by atoms with Gasteiger partial charge in [-0.25, -0.2) is 4.39 Å². The van der Waals surface area contributed by atoms with Crippen molar-refractivity contribution >= 4 is 5.91 Å². The molecule has 0 radical (unpaired) electrons. The van der Waals surface area contributed by atoms with Crippen LogP contribution in [0.15, 0.2) is 30.3 Å². The summed E-state index contributed by atoms with van der Waals surface area (Å²) in [6.45, 7) is 3.37. The van der Waals surface area contributed by atoms with Crippen LogP contribution in [0.2, 0.25) is 0 Å². The predicted molar refractivity (Wildman–Crippen MR) is 82.0 cm³/mol. The van der Waals surface area contributed by atoms with Gasteiger partial charge >= 0.3 is 0 Å². The first-order chi connectivity index (χ1) is 10.6. The van der Waals surface area contributed by atoms with Gasteiger partial charge in [-0.2, -0.15) is 5.10 Å². The second kappa shape index (κ2) is 6.27. The molecule has 1 aromatic heterocycles. The minimum Gasteiger partial charge on any atom is -0.336 e. The zero-order valence-corrected chi connectivity index (χ0v) is 12.6. The monoisotopic (exact) mass is 302 g/mol. The van der Waals surface area contributed by atoms with Crippen molar-refractivity contribution in [3.8, 4) is 11.3 Å². The molecule has 0 unspecified atom stereocenters. The molecule has 2 aromatic rings. The molecular weight excluding hydrogens is 283 g/mol. The molecule has 2 heterocycles. The minimum absolute atomic E-state index is 0.0313. The highest BCUT2D eigenvalue weighted by Crippen LogP contribution is 2.19. The van der Waals surface area contributed by atoms with E-state index in [9.17, 15) is 9.18 Å². The maximum absolute atomic E-state index is 13.0. The number of H-pyrrole nitrogens is 1. The highest BCUT2D eigenvalue weighted by molar-refractivity contribution is 5.93. The molecule has 1 aliphatic heterocycles. The maximum Gasteiger partial charge on any atom is 0.271 e. The summed E-state index contributed by atoms with van der Waals surface area (Å²) < 4.78 is 13.0. The molecule has 0 aliphatic carbocycles. The second-order valence-electron chi connectivity index (χ2n) is 5.62. The van der Waals surface area contributed by atoms with Crippen LogP contribution in [0.3, 0.4) is 0 Å². The van der Waals surface area contributed by atoms with Gasteiger partial charge < -0.3 is 9.80 Å². The summed E-state index contributed by atoms with van der Waals surface area (Å²) in [5, 5.41) is 6.96. The van der Waals surface area contributed by atoms with Gasteiger partial charge in [-0.05, 0) is 50.3 Å². The van der Waals surface area contributed by atoms with Crippen LogP contribution in [0.25, 0.3) is 11.3 Å². The molecule has 1 aliphatic rings. The Kier molecular flexibility index (Phi) is 4.20. The van der Waals surface area contributed by atoms with E-state index in [4.69, 9.17) is 0 Å². The Hall–Kier alpha value is -2.21. The lowest BCUT2D eigenvalue weighted by Gasteiger charge is -2.19. The number of nitrogens with one attached hydrogen (secondary N) is 1. The summed E-state index contributed by atoms with van der Waals surface area (Å²) in [4.78, 5) is 16.6. The molecule has 1 amide bonds. The zero-order chi connectivity index (χ0) is 15.5. The van der Waals surface area contributed by atoms with Crippen molar-refractivity contribution in [3.63, 3.8) is 0 Å². The van der Waals surface area contributed by atoms with Gasteiger partial charge in [0.05, 0.1) is 5.69 Å². The maximum atomic E-state index is 13.0. The van der Waals surface area contributed by atoms with Gasteiger partial charge in [-0.3, -0.25) is 9.89 Å². The number of nitrogens with zero attached hydrogens (tertiary/aromatic N) is 3. The fraction of sp³-hybridized carbons (Fsp3) is 0.375. The quantitative estimate of drug-likeness (QED) is 0.923. The van der Waals surface area contributed by atoms with Crippen molar-refractivity contribution in [1.82, 2.24) is 20.0 Å². The molecule has 1 saturated heterocycles. The van der Waals surface area contributed by atoms with Gasteiger partial charge in [-0.15, -0.1) is 0 Å². The number of aromatic nitrogens is 2. The van der Waals surface area contributed by atoms with E-state index >= 15 is 0 Å². The van der Waals surface area contributed by atoms with Crippen molar-refractivity contribution < 1.29 is 9.18 Å². The molecule has 0 saturated carbocycles. The van der Waals surface area contributed by atoms with E-state index in [-0.39, 0.29) is 11.7 Å². The van der Waals surface area contributed by atoms with Crippen molar-refractivity contribution in [3.05, 3.63) is 41.8 Å². The lowest BCUT2D eigenvalue weighted by Crippen LogP contribution is -2.34. The van der Waals surface area contributed by atoms with E-state index in [1.807, 2.05) is 4.90 Å². The standard InChI is InChI=1S/C16H19FN4O/c1-20-7-2-8-21(10-9-20)16(22)15-11-14(18-19-15)12-3-5-13(17)6-4-12/h3-6,11H,2,7-10H2,1H3,(H,18,19). The first-order valence-corrected chi connectivity index (χ1v) is 7.42. The number of carbonyl (C=O) groups excluding carboxylic acids is 1. The molecule has 0 bridgehead atoms. The first-order valence-electron chi connectivity index (χ1n) is 7.42. The number of hydrogen-bond acceptors (Lipinski definition) is 3. The molecule has 5 nitrogen and oxygen atoms in total. The average Bonchev–Trinajstić information content (AvgIpc) is 2.90. The summed E-state index contributed by atoms with van der Waals surface area (Å²) in [7, 11) is 2.07. The van der Waals surface area contributed by atoms with E-state index in [2.05, 4.69) is 22.1 Å². The third kappa shape index (κ3) is 3.17. The fourth-order valence-electron chi connectivity index (χ4n) is 2.62. The van der Waals surface area contributed by atoms with Crippen LogP contribution in [0.1, 0.15) is 16.9 Å². The third-order valence-electron chi connectivity index (χ3n) is 3.95. The highest BCUT2D eigenvalue weighted by Gasteiger charge is 2.20. The van der Waals surface area contributed by atoms with Crippen LogP contribution in [0.5, 0.6) is 0 Å². The molecule has 116 valence electrons. The van der Waals surface area contributed by atoms with Crippen molar-refractivity contribution in [1.29, 1.82) is 0 Å². The van der Waals surface area contributed by atoms with Gasteiger partial charge in [0.25, 0.3) is 5.91 Å². The number of hydrogen-bond donors (Lipinski definition) is 1. The number of aromatic amines is 1. The highest BCUT2D eigenvalue weighted by atomic mass is 19.1. The Morgan fingerprint density at radius 3 is 2.73 bits per heavy atom. The molecular formula is C16H19FN4O. The minimum atomic E-state index is -0.288. The van der Waals surface area contributed by atoms with Crippen LogP contribution in [0, 0.1) is 5.82 Å². The topological polar surface area (TPSA) is 52.2 Å². The van der Waals surface area contributed by atoms with Crippen LogP contribution in [0.4, 0.5) is 4.39 Å². The smallest absolute Gasteiger partial charge is 0.271 e. The molecule has 1 N–H and O–H groups in total. The Morgan fingerprint density at radius 2 is 1.95 bits per heavy atom. The van der Waals surface area contributed by atoms with Gasteiger partial charge in [-0.1, -0.05) is 0 Å². The number of carbonyl (C=O) groups is 1. The van der Waals surface area contributed by atoms with Crippen molar-refractivity contribution in [2.45, 2.75) is 6.42 Å². The van der Waals surface area contributed by atoms with Gasteiger partial charge in [0.2, 0.25) is 0 Å². The zero-order valence-electron chi connectivity index (χ0n) is 12.6. The van der Waals surface area contributed by atoms with E-state index in [0.29, 0.717) is 11.4 Å². The Labute approximate surface area is 128 Å². The van der Waals surface area contributed by atoms with Crippen LogP contribution in [-0.2, 0) is 0 Å². The fourth-order valence-corrected chi connectivity index (χ4v) is 2.62. The van der Waals surface area contributed by atoms with E-state index in [1.54, 1.807) is 18.2 Å². The predicted octanol–water partition coefficient (Wildman–Crippen LogP) is 1.99. The number of likely N-dealkylation sites (N-methyl/N-ethyl adjacent to an activating group) is 1. The lowest BCUT2D eigenvalue weighted by atomic mass is 10.1. The van der Waals surface area contributed by atoms with E-state index in [0.717, 1.165) is 38.2 Å².